The first-order valence-electron chi connectivity index (χ1n) is 8.14. The summed E-state index contributed by atoms with van der Waals surface area (Å²) in [6.45, 7) is 5.02. The fourth-order valence-corrected chi connectivity index (χ4v) is 2.94. The van der Waals surface area contributed by atoms with Crippen LogP contribution >= 0.6 is 0 Å². The van der Waals surface area contributed by atoms with E-state index in [-0.39, 0.29) is 18.2 Å². The molecule has 0 amide bonds. The quantitative estimate of drug-likeness (QED) is 0.721. The highest BCUT2D eigenvalue weighted by Gasteiger charge is 2.29. The van der Waals surface area contributed by atoms with Gasteiger partial charge in [-0.15, -0.1) is 0 Å². The van der Waals surface area contributed by atoms with Crippen molar-refractivity contribution in [3.63, 3.8) is 0 Å². The fraction of sp³-hybridized carbons (Fsp3) is 0.350. The van der Waals surface area contributed by atoms with E-state index in [9.17, 15) is 14.4 Å². The van der Waals surface area contributed by atoms with E-state index in [0.29, 0.717) is 24.0 Å². The number of carbonyl (C=O) groups excluding carboxylic acids is 3. The predicted octanol–water partition coefficient (Wildman–Crippen LogP) is 4.01. The van der Waals surface area contributed by atoms with Gasteiger partial charge in [0.2, 0.25) is 0 Å². The normalized spacial score (nSPS) is 12.0. The molecule has 1 atom stereocenters. The number of ether oxygens (including phenoxy) is 1. The number of fused-ring (bicyclic) bond motifs is 1. The average molecular weight is 326 g/mol. The minimum absolute atomic E-state index is 0.0291. The first kappa shape index (κ1) is 17.9. The third-order valence-electron chi connectivity index (χ3n) is 4.07. The molecule has 0 aromatic rings. The largest absolute Gasteiger partial charge is 0.462 e. The van der Waals surface area contributed by atoms with Crippen LogP contribution in [0.4, 0.5) is 0 Å². The number of hydrogen-bond donors (Lipinski definition) is 0. The van der Waals surface area contributed by atoms with Crippen LogP contribution in [-0.4, -0.2) is 24.1 Å². The molecule has 0 bridgehead atoms. The van der Waals surface area contributed by atoms with Crippen molar-refractivity contribution in [2.75, 3.05) is 6.61 Å². The van der Waals surface area contributed by atoms with Gasteiger partial charge in [-0.05, 0) is 49.9 Å². The van der Waals surface area contributed by atoms with Crippen molar-refractivity contribution < 1.29 is 19.1 Å². The summed E-state index contributed by atoms with van der Waals surface area (Å²) in [5, 5.41) is 0. The van der Waals surface area contributed by atoms with Crippen molar-refractivity contribution in [2.45, 2.75) is 39.5 Å². The molecular weight excluding hydrogens is 304 g/mol. The highest BCUT2D eigenvalue weighted by atomic mass is 16.5. The van der Waals surface area contributed by atoms with Crippen LogP contribution in [0.2, 0.25) is 0 Å². The molecule has 2 aliphatic carbocycles. The van der Waals surface area contributed by atoms with E-state index >= 15 is 0 Å². The van der Waals surface area contributed by atoms with E-state index in [0.717, 1.165) is 11.1 Å². The Morgan fingerprint density at radius 3 is 2.42 bits per heavy atom. The molecule has 0 spiro atoms. The van der Waals surface area contributed by atoms with Gasteiger partial charge in [0.1, 0.15) is 11.6 Å². The van der Waals surface area contributed by atoms with Gasteiger partial charge in [-0.2, -0.15) is 0 Å². The van der Waals surface area contributed by atoms with Gasteiger partial charge in [-0.3, -0.25) is 4.79 Å². The molecule has 0 aromatic carbocycles. The second kappa shape index (κ2) is 7.86. The third kappa shape index (κ3) is 3.88. The zero-order chi connectivity index (χ0) is 17.7. The molecule has 24 heavy (non-hydrogen) atoms. The molecule has 4 nitrogen and oxygen atoms in total. The molecular formula is C20H22O4. The lowest BCUT2D eigenvalue weighted by atomic mass is 9.89. The molecule has 0 fully saturated rings. The molecule has 0 N–H and O–H groups in total. The fourth-order valence-electron chi connectivity index (χ4n) is 2.94. The van der Waals surface area contributed by atoms with E-state index in [1.165, 1.54) is 13.8 Å². The Bertz CT molecular complexity index is 732. The maximum atomic E-state index is 12.5. The van der Waals surface area contributed by atoms with Crippen molar-refractivity contribution in [3.05, 3.63) is 47.5 Å². The van der Waals surface area contributed by atoms with Gasteiger partial charge < -0.3 is 9.53 Å². The van der Waals surface area contributed by atoms with Crippen molar-refractivity contribution in [2.24, 2.45) is 0 Å². The molecule has 2 rings (SSSR count). The third-order valence-corrected chi connectivity index (χ3v) is 4.07. The standard InChI is InChI=1S/C20H22O4/c1-4-24-20(23)19-17-9-7-5-6-8-15(17)12-18(19)16(14(3)22)11-10-13(2)21/h5-9,12,16H,4,10-11H2,1-3H3. The van der Waals surface area contributed by atoms with Crippen LogP contribution in [0.1, 0.15) is 55.5 Å². The molecule has 0 radical (unpaired) electrons. The zero-order valence-electron chi connectivity index (χ0n) is 14.3. The van der Waals surface area contributed by atoms with E-state index in [1.54, 1.807) is 6.92 Å². The van der Waals surface area contributed by atoms with Crippen LogP contribution in [0.3, 0.4) is 0 Å². The van der Waals surface area contributed by atoms with Gasteiger partial charge in [0.15, 0.2) is 0 Å². The molecule has 0 aliphatic heterocycles. The Morgan fingerprint density at radius 1 is 1.08 bits per heavy atom. The van der Waals surface area contributed by atoms with E-state index in [1.807, 2.05) is 36.4 Å². The Morgan fingerprint density at radius 2 is 1.79 bits per heavy atom. The number of Topliss-reactive ketones (excluding diaryl/α,β-unsaturated/α-hetero) is 2. The van der Waals surface area contributed by atoms with Gasteiger partial charge in [0.05, 0.1) is 12.2 Å². The summed E-state index contributed by atoms with van der Waals surface area (Å²) in [6.07, 6.45) is 0.710. The van der Waals surface area contributed by atoms with Crippen molar-refractivity contribution in [3.8, 4) is 11.1 Å². The van der Waals surface area contributed by atoms with E-state index in [4.69, 9.17) is 4.74 Å². The maximum absolute atomic E-state index is 12.5. The summed E-state index contributed by atoms with van der Waals surface area (Å²) in [5.74, 6) is -0.934. The average Bonchev–Trinajstić information content (AvgIpc) is 2.70. The summed E-state index contributed by atoms with van der Waals surface area (Å²) in [6, 6.07) is 11.3. The van der Waals surface area contributed by atoms with Crippen LogP contribution < -0.4 is 0 Å². The summed E-state index contributed by atoms with van der Waals surface area (Å²) in [5.41, 5.74) is 2.74. The van der Waals surface area contributed by atoms with Gasteiger partial charge in [0.25, 0.3) is 0 Å². The Balaban J connectivity index is 2.59. The molecule has 2 aliphatic rings. The van der Waals surface area contributed by atoms with Gasteiger partial charge in [-0.1, -0.05) is 30.3 Å². The van der Waals surface area contributed by atoms with Crippen molar-refractivity contribution in [1.29, 1.82) is 0 Å². The first-order valence-corrected chi connectivity index (χ1v) is 8.14. The lowest BCUT2D eigenvalue weighted by Crippen LogP contribution is -2.15. The second-order valence-corrected chi connectivity index (χ2v) is 5.88. The molecule has 0 saturated carbocycles. The summed E-state index contributed by atoms with van der Waals surface area (Å²) in [7, 11) is 0. The van der Waals surface area contributed by atoms with Crippen LogP contribution in [0.25, 0.3) is 11.1 Å². The number of carbonyl (C=O) groups is 3. The molecule has 0 saturated heterocycles. The monoisotopic (exact) mass is 326 g/mol. The van der Waals surface area contributed by atoms with E-state index in [2.05, 4.69) is 0 Å². The van der Waals surface area contributed by atoms with Crippen LogP contribution in [0, 0.1) is 0 Å². The SMILES string of the molecule is CCOC(=O)c1c2cccccc-2cc1C(CCC(C)=O)C(C)=O. The molecule has 1 unspecified atom stereocenters. The number of esters is 1. The maximum Gasteiger partial charge on any atom is 0.339 e. The molecule has 0 heterocycles. The Labute approximate surface area is 142 Å². The highest BCUT2D eigenvalue weighted by Crippen LogP contribution is 2.38. The lowest BCUT2D eigenvalue weighted by Gasteiger charge is -2.14. The summed E-state index contributed by atoms with van der Waals surface area (Å²) >= 11 is 0. The first-order chi connectivity index (χ1) is 11.5. The van der Waals surface area contributed by atoms with E-state index < -0.39 is 11.9 Å². The zero-order valence-corrected chi connectivity index (χ0v) is 14.3. The molecule has 4 heteroatoms. The Hall–Kier alpha value is -2.49. The van der Waals surface area contributed by atoms with Gasteiger partial charge in [-0.25, -0.2) is 4.79 Å². The molecule has 0 aromatic heterocycles. The van der Waals surface area contributed by atoms with Crippen LogP contribution in [0.15, 0.2) is 36.4 Å². The topological polar surface area (TPSA) is 60.4 Å². The van der Waals surface area contributed by atoms with Crippen LogP contribution in [0.5, 0.6) is 0 Å². The van der Waals surface area contributed by atoms with Crippen LogP contribution in [-0.2, 0) is 14.3 Å². The second-order valence-electron chi connectivity index (χ2n) is 5.88. The Kier molecular flexibility index (Phi) is 5.85. The minimum Gasteiger partial charge on any atom is -0.462 e. The van der Waals surface area contributed by atoms with Gasteiger partial charge >= 0.3 is 5.97 Å². The highest BCUT2D eigenvalue weighted by molar-refractivity contribution is 6.03. The van der Waals surface area contributed by atoms with Gasteiger partial charge in [0, 0.05) is 12.3 Å². The minimum atomic E-state index is -0.481. The molecule has 126 valence electrons. The number of rotatable bonds is 7. The van der Waals surface area contributed by atoms with Crippen molar-refractivity contribution >= 4 is 17.5 Å². The predicted molar refractivity (Wildman–Crippen MR) is 92.4 cm³/mol. The summed E-state index contributed by atoms with van der Waals surface area (Å²) in [4.78, 5) is 36.0. The van der Waals surface area contributed by atoms with Crippen molar-refractivity contribution in [1.82, 2.24) is 0 Å². The number of ketones is 2. The lowest BCUT2D eigenvalue weighted by molar-refractivity contribution is -0.119. The smallest absolute Gasteiger partial charge is 0.339 e. The number of hydrogen-bond acceptors (Lipinski definition) is 4. The summed E-state index contributed by atoms with van der Waals surface area (Å²) < 4.78 is 5.20.